The van der Waals surface area contributed by atoms with Gasteiger partial charge < -0.3 is 10.2 Å². The molecule has 3 rings (SSSR count). The zero-order valence-electron chi connectivity index (χ0n) is 25.4. The van der Waals surface area contributed by atoms with Gasteiger partial charge >= 0.3 is 0 Å². The van der Waals surface area contributed by atoms with Crippen molar-refractivity contribution >= 4 is 39.1 Å². The van der Waals surface area contributed by atoms with Gasteiger partial charge in [-0.1, -0.05) is 72.3 Å². The number of carbonyl (C=O) groups is 2. The molecular formula is C33H42ClN3O4S. The van der Waals surface area contributed by atoms with E-state index in [1.165, 1.54) is 10.6 Å². The van der Waals surface area contributed by atoms with Crippen LogP contribution in [0.1, 0.15) is 55.9 Å². The average molecular weight is 612 g/mol. The van der Waals surface area contributed by atoms with Crippen LogP contribution in [0.5, 0.6) is 0 Å². The van der Waals surface area contributed by atoms with Crippen molar-refractivity contribution in [1.82, 2.24) is 10.2 Å². The van der Waals surface area contributed by atoms with Crippen molar-refractivity contribution < 1.29 is 18.0 Å². The molecule has 0 saturated carbocycles. The molecule has 226 valence electrons. The highest BCUT2D eigenvalue weighted by molar-refractivity contribution is 7.92. The number of benzene rings is 3. The molecule has 0 spiro atoms. The lowest BCUT2D eigenvalue weighted by Crippen LogP contribution is -2.54. The largest absolute Gasteiger partial charge is 0.350 e. The van der Waals surface area contributed by atoms with E-state index in [2.05, 4.69) is 5.32 Å². The Bertz CT molecular complexity index is 1490. The molecule has 3 aromatic rings. The van der Waals surface area contributed by atoms with Crippen molar-refractivity contribution in [3.8, 4) is 0 Å². The molecule has 0 unspecified atom stereocenters. The fourth-order valence-corrected chi connectivity index (χ4v) is 6.02. The Labute approximate surface area is 255 Å². The lowest BCUT2D eigenvalue weighted by atomic mass is 10.00. The summed E-state index contributed by atoms with van der Waals surface area (Å²) in [6, 6.07) is 21.6. The number of anilines is 1. The van der Waals surface area contributed by atoms with Gasteiger partial charge in [0.15, 0.2) is 0 Å². The second kappa shape index (κ2) is 14.2. The molecule has 1 N–H and O–H groups in total. The van der Waals surface area contributed by atoms with Gasteiger partial charge in [-0.25, -0.2) is 8.42 Å². The Kier molecular flexibility index (Phi) is 11.2. The van der Waals surface area contributed by atoms with E-state index in [4.69, 9.17) is 11.6 Å². The molecule has 7 nitrogen and oxygen atoms in total. The molecule has 0 bridgehead atoms. The summed E-state index contributed by atoms with van der Waals surface area (Å²) in [5, 5.41) is 3.55. The molecule has 0 saturated heterocycles. The smallest absolute Gasteiger partial charge is 0.243 e. The summed E-state index contributed by atoms with van der Waals surface area (Å²) in [5.74, 6) is -0.519. The molecule has 9 heteroatoms. The SMILES string of the molecule is Cc1cccc(N(CCCC(=O)N(Cc2ccccc2Cl)[C@H](Cc2ccccc2)C(=O)NC(C)(C)C)S(C)(=O)=O)c1C. The van der Waals surface area contributed by atoms with Gasteiger partial charge in [0.05, 0.1) is 11.9 Å². The van der Waals surface area contributed by atoms with E-state index in [0.29, 0.717) is 17.1 Å². The Hall–Kier alpha value is -3.36. The molecule has 0 fully saturated rings. The number of sulfonamides is 1. The minimum absolute atomic E-state index is 0.0510. The standard InChI is InChI=1S/C33H42ClN3O4S/c1-24-14-12-19-29(25(24)2)37(42(6,40)41)21-13-20-31(38)36(23-27-17-10-11-18-28(27)34)30(32(39)35-33(3,4)5)22-26-15-8-7-9-16-26/h7-12,14-19,30H,13,20-23H2,1-6H3,(H,35,39)/t30-/m1/s1. The van der Waals surface area contributed by atoms with Gasteiger partial charge in [-0.05, 0) is 75.4 Å². The number of nitrogens with zero attached hydrogens (tertiary/aromatic N) is 2. The molecule has 0 aliphatic rings. The number of carbonyl (C=O) groups excluding carboxylic acids is 2. The van der Waals surface area contributed by atoms with E-state index in [0.717, 1.165) is 22.3 Å². The van der Waals surface area contributed by atoms with E-state index in [-0.39, 0.29) is 37.7 Å². The van der Waals surface area contributed by atoms with Crippen LogP contribution in [0.3, 0.4) is 0 Å². The Balaban J connectivity index is 1.93. The fraction of sp³-hybridized carbons (Fsp3) is 0.394. The number of nitrogens with one attached hydrogen (secondary N) is 1. The molecule has 0 aliphatic heterocycles. The summed E-state index contributed by atoms with van der Waals surface area (Å²) >= 11 is 6.50. The van der Waals surface area contributed by atoms with Gasteiger partial charge in [0.2, 0.25) is 21.8 Å². The Morgan fingerprint density at radius 3 is 2.19 bits per heavy atom. The summed E-state index contributed by atoms with van der Waals surface area (Å²) < 4.78 is 26.9. The highest BCUT2D eigenvalue weighted by atomic mass is 35.5. The summed E-state index contributed by atoms with van der Waals surface area (Å²) in [7, 11) is -3.59. The first kappa shape index (κ1) is 33.1. The number of hydrogen-bond acceptors (Lipinski definition) is 4. The molecule has 3 aromatic carbocycles. The molecule has 0 aliphatic carbocycles. The van der Waals surface area contributed by atoms with Gasteiger partial charge in [-0.2, -0.15) is 0 Å². The minimum Gasteiger partial charge on any atom is -0.350 e. The third-order valence-electron chi connectivity index (χ3n) is 7.06. The number of halogens is 1. The maximum atomic E-state index is 14.0. The van der Waals surface area contributed by atoms with Gasteiger partial charge in [-0.3, -0.25) is 13.9 Å². The van der Waals surface area contributed by atoms with Gasteiger partial charge in [-0.15, -0.1) is 0 Å². The van der Waals surface area contributed by atoms with Gasteiger partial charge in [0.25, 0.3) is 0 Å². The quantitative estimate of drug-likeness (QED) is 0.270. The fourth-order valence-electron chi connectivity index (χ4n) is 4.81. The summed E-state index contributed by atoms with van der Waals surface area (Å²) in [5.41, 5.74) is 3.59. The van der Waals surface area contributed by atoms with Crippen LogP contribution in [-0.4, -0.2) is 49.5 Å². The van der Waals surface area contributed by atoms with Crippen LogP contribution in [0.15, 0.2) is 72.8 Å². The van der Waals surface area contributed by atoms with Crippen molar-refractivity contribution in [2.75, 3.05) is 17.1 Å². The van der Waals surface area contributed by atoms with Crippen LogP contribution in [0, 0.1) is 13.8 Å². The first-order chi connectivity index (χ1) is 19.7. The average Bonchev–Trinajstić information content (AvgIpc) is 2.90. The van der Waals surface area contributed by atoms with Crippen LogP contribution < -0.4 is 9.62 Å². The number of aryl methyl sites for hydroxylation is 1. The normalized spacial score (nSPS) is 12.5. The summed E-state index contributed by atoms with van der Waals surface area (Å²) in [6.07, 6.45) is 1.82. The molecule has 42 heavy (non-hydrogen) atoms. The maximum Gasteiger partial charge on any atom is 0.243 e. The van der Waals surface area contributed by atoms with Crippen molar-refractivity contribution in [1.29, 1.82) is 0 Å². The zero-order chi connectivity index (χ0) is 31.1. The maximum absolute atomic E-state index is 14.0. The second-order valence-corrected chi connectivity index (χ2v) is 14.0. The second-order valence-electron chi connectivity index (χ2n) is 11.7. The molecule has 2 amide bonds. The van der Waals surface area contributed by atoms with E-state index in [9.17, 15) is 18.0 Å². The highest BCUT2D eigenvalue weighted by Gasteiger charge is 2.32. The molecular weight excluding hydrogens is 570 g/mol. The van der Waals surface area contributed by atoms with Crippen LogP contribution in [0.2, 0.25) is 5.02 Å². The molecule has 0 heterocycles. The minimum atomic E-state index is -3.59. The zero-order valence-corrected chi connectivity index (χ0v) is 26.9. The topological polar surface area (TPSA) is 86.8 Å². The van der Waals surface area contributed by atoms with Crippen LogP contribution in [0.25, 0.3) is 0 Å². The van der Waals surface area contributed by atoms with E-state index < -0.39 is 21.6 Å². The number of hydrogen-bond donors (Lipinski definition) is 1. The van der Waals surface area contributed by atoms with Crippen molar-refractivity contribution in [2.45, 2.75) is 72.0 Å². The molecule has 1 atom stereocenters. The summed E-state index contributed by atoms with van der Waals surface area (Å²) in [6.45, 7) is 9.80. The van der Waals surface area contributed by atoms with Crippen molar-refractivity contribution in [3.05, 3.63) is 100 Å². The highest BCUT2D eigenvalue weighted by Crippen LogP contribution is 2.26. The van der Waals surface area contributed by atoms with Crippen molar-refractivity contribution in [2.24, 2.45) is 0 Å². The van der Waals surface area contributed by atoms with Crippen LogP contribution in [0.4, 0.5) is 5.69 Å². The number of amides is 2. The third kappa shape index (κ3) is 9.33. The Morgan fingerprint density at radius 1 is 0.929 bits per heavy atom. The van der Waals surface area contributed by atoms with Gasteiger partial charge in [0, 0.05) is 36.5 Å². The monoisotopic (exact) mass is 611 g/mol. The first-order valence-corrected chi connectivity index (χ1v) is 16.3. The van der Waals surface area contributed by atoms with Crippen LogP contribution >= 0.6 is 11.6 Å². The molecule has 0 aromatic heterocycles. The third-order valence-corrected chi connectivity index (χ3v) is 8.61. The Morgan fingerprint density at radius 2 is 1.57 bits per heavy atom. The lowest BCUT2D eigenvalue weighted by Gasteiger charge is -2.34. The number of rotatable bonds is 12. The van der Waals surface area contributed by atoms with E-state index in [1.54, 1.807) is 17.0 Å². The van der Waals surface area contributed by atoms with E-state index >= 15 is 0 Å². The lowest BCUT2D eigenvalue weighted by molar-refractivity contribution is -0.142. The summed E-state index contributed by atoms with van der Waals surface area (Å²) in [4.78, 5) is 29.3. The first-order valence-electron chi connectivity index (χ1n) is 14.1. The predicted molar refractivity (Wildman–Crippen MR) is 171 cm³/mol. The van der Waals surface area contributed by atoms with Crippen LogP contribution in [-0.2, 0) is 32.6 Å². The predicted octanol–water partition coefficient (Wildman–Crippen LogP) is 6.06. The van der Waals surface area contributed by atoms with Gasteiger partial charge in [0.1, 0.15) is 6.04 Å². The molecule has 0 radical (unpaired) electrons. The van der Waals surface area contributed by atoms with Crippen molar-refractivity contribution in [3.63, 3.8) is 0 Å². The van der Waals surface area contributed by atoms with E-state index in [1.807, 2.05) is 95.3 Å².